The number of rotatable bonds is 6. The molecule has 0 aromatic rings. The van der Waals surface area contributed by atoms with Crippen molar-refractivity contribution in [1.82, 2.24) is 0 Å². The van der Waals surface area contributed by atoms with Crippen LogP contribution >= 0.6 is 23.5 Å². The number of hydrogen-bond acceptors (Lipinski definition) is 9. The molecule has 0 spiro atoms. The van der Waals surface area contributed by atoms with E-state index in [0.29, 0.717) is 0 Å². The Morgan fingerprint density at radius 3 is 0.963 bits per heavy atom. The minimum Gasteiger partial charge on any atom is -1.00 e. The van der Waals surface area contributed by atoms with Gasteiger partial charge in [-0.05, 0) is 0 Å². The van der Waals surface area contributed by atoms with Gasteiger partial charge in [-0.25, -0.2) is 13.7 Å². The van der Waals surface area contributed by atoms with Crippen LogP contribution in [0.5, 0.6) is 0 Å². The second-order valence-corrected chi connectivity index (χ2v) is 8.23. The smallest absolute Gasteiger partial charge is 1.00 e. The minimum atomic E-state index is -5.48. The van der Waals surface area contributed by atoms with E-state index < -0.39 is 60.1 Å². The molecule has 0 bridgehead atoms. The zero-order valence-corrected chi connectivity index (χ0v) is 23.0. The van der Waals surface area contributed by atoms with Gasteiger partial charge in [-0.15, -0.1) is 0 Å². The Hall–Kier alpha value is 3.21. The predicted octanol–water partition coefficient (Wildman–Crippen LogP) is -12.1. The molecule has 21 heteroatoms. The Morgan fingerprint density at radius 2 is 0.741 bits per heavy atom. The van der Waals surface area contributed by atoms with Gasteiger partial charge in [0.1, 0.15) is 36.6 Å². The van der Waals surface area contributed by atoms with Gasteiger partial charge in [0.2, 0.25) is 0 Å². The fourth-order valence-electron chi connectivity index (χ4n) is 2.01. The number of phosphoric acid groups is 3. The van der Waals surface area contributed by atoms with Crippen LogP contribution < -0.4 is 88.7 Å². The average Bonchev–Trinajstić information content (AvgIpc) is 2.32. The van der Waals surface area contributed by atoms with E-state index in [1.807, 2.05) is 0 Å². The van der Waals surface area contributed by atoms with Gasteiger partial charge in [0, 0.05) is 0 Å². The van der Waals surface area contributed by atoms with Crippen LogP contribution in [0.15, 0.2) is 0 Å². The summed E-state index contributed by atoms with van der Waals surface area (Å²) in [7, 11) is -16.3. The van der Waals surface area contributed by atoms with Gasteiger partial charge in [-0.2, -0.15) is 0 Å². The average molecular weight is 492 g/mol. The first kappa shape index (κ1) is 34.8. The van der Waals surface area contributed by atoms with Crippen molar-refractivity contribution in [2.24, 2.45) is 0 Å². The Balaban J connectivity index is -0.000000240. The zero-order chi connectivity index (χ0) is 19.1. The van der Waals surface area contributed by atoms with Crippen molar-refractivity contribution in [1.29, 1.82) is 0 Å². The van der Waals surface area contributed by atoms with Crippen LogP contribution in [0.3, 0.4) is 0 Å². The summed E-state index contributed by atoms with van der Waals surface area (Å²) < 4.78 is 45.0. The molecule has 4 atom stereocenters. The number of aliphatic hydroxyl groups is 3. The Labute approximate surface area is 222 Å². The van der Waals surface area contributed by atoms with Crippen molar-refractivity contribution in [3.63, 3.8) is 0 Å². The molecule has 1 aliphatic carbocycles. The maximum Gasteiger partial charge on any atom is 1.00 e. The van der Waals surface area contributed by atoms with Crippen molar-refractivity contribution >= 4 is 23.5 Å². The van der Waals surface area contributed by atoms with Crippen molar-refractivity contribution < 1.29 is 165 Å². The number of hydrogen-bond donors (Lipinski definition) is 9. The predicted molar refractivity (Wildman–Crippen MR) is 72.1 cm³/mol. The molecule has 1 aliphatic rings. The summed E-state index contributed by atoms with van der Waals surface area (Å²) >= 11 is 0. The van der Waals surface area contributed by atoms with Crippen LogP contribution in [-0.4, -0.2) is 81.3 Å². The summed E-state index contributed by atoms with van der Waals surface area (Å²) in [6, 6.07) is 0. The molecule has 150 valence electrons. The fourth-order valence-corrected chi connectivity index (χ4v) is 3.69. The van der Waals surface area contributed by atoms with Crippen LogP contribution in [0.1, 0.15) is 4.28 Å². The molecular formula is C6H18Na3O15P3. The molecule has 0 aromatic heterocycles. The molecule has 0 radical (unpaired) electrons. The van der Waals surface area contributed by atoms with Crippen molar-refractivity contribution in [2.45, 2.75) is 36.6 Å². The maximum absolute atomic E-state index is 11.0. The topological polar surface area (TPSA) is 261 Å². The Bertz CT molecular complexity index is 563. The van der Waals surface area contributed by atoms with Crippen LogP contribution in [0.4, 0.5) is 0 Å². The Kier molecular flexibility index (Phi) is 16.8. The summed E-state index contributed by atoms with van der Waals surface area (Å²) in [5.41, 5.74) is 0. The molecule has 0 aromatic carbocycles. The normalized spacial score (nSPS) is 31.9. The molecule has 9 N–H and O–H groups in total. The van der Waals surface area contributed by atoms with E-state index in [4.69, 9.17) is 29.4 Å². The van der Waals surface area contributed by atoms with E-state index in [0.717, 1.165) is 0 Å². The van der Waals surface area contributed by atoms with E-state index in [1.165, 1.54) is 0 Å². The number of aliphatic hydroxyl groups excluding tert-OH is 3. The van der Waals surface area contributed by atoms with Crippen LogP contribution in [0, 0.1) is 0 Å². The van der Waals surface area contributed by atoms with Gasteiger partial charge in [-0.3, -0.25) is 13.6 Å². The Morgan fingerprint density at radius 1 is 0.519 bits per heavy atom. The number of phosphoric ester groups is 3. The van der Waals surface area contributed by atoms with Crippen LogP contribution in [-0.2, 0) is 27.3 Å². The molecule has 15 nitrogen and oxygen atoms in total. The van der Waals surface area contributed by atoms with Gasteiger partial charge in [0.25, 0.3) is 0 Å². The maximum atomic E-state index is 11.0. The summed E-state index contributed by atoms with van der Waals surface area (Å²) in [6.45, 7) is 0. The first-order valence-corrected chi connectivity index (χ1v) is 10.4. The summed E-state index contributed by atoms with van der Waals surface area (Å²) in [5, 5.41) is 29.0. The standard InChI is InChI=1S/C6H15O15P3.3Na.3H/c7-1-2(8)4(19-22(10,11)12)6(21-24(16,17)18)5(3(1)9)20-23(13,14)15;;;;;;/h1-9H,(H2,10,11,12)(H2,13,14,15)(H2,16,17,18);;;;;;/q;3*+1;3*-1. The van der Waals surface area contributed by atoms with E-state index in [9.17, 15) is 29.0 Å². The first-order chi connectivity index (χ1) is 10.5. The third-order valence-electron chi connectivity index (χ3n) is 2.80. The summed E-state index contributed by atoms with van der Waals surface area (Å²) in [6.07, 6.45) is -14.3. The van der Waals surface area contributed by atoms with Crippen molar-refractivity contribution in [3.8, 4) is 0 Å². The molecule has 0 aliphatic heterocycles. The SMILES string of the molecule is O=P(O)(O)OC1C(O)C(O)C(O)C(OP(=O)(O)O)C1OP(=O)(O)O.[H-].[H-].[H-].[Na+].[Na+].[Na+]. The quantitative estimate of drug-likeness (QED) is 0.123. The van der Waals surface area contributed by atoms with Crippen LogP contribution in [0.2, 0.25) is 0 Å². The molecule has 0 heterocycles. The zero-order valence-electron chi connectivity index (χ0n) is 17.3. The fraction of sp³-hybridized carbons (Fsp3) is 1.00. The van der Waals surface area contributed by atoms with E-state index in [1.54, 1.807) is 0 Å². The summed E-state index contributed by atoms with van der Waals surface area (Å²) in [4.78, 5) is 52.7. The van der Waals surface area contributed by atoms with E-state index in [2.05, 4.69) is 13.6 Å². The molecule has 27 heavy (non-hydrogen) atoms. The molecular weight excluding hydrogens is 474 g/mol. The van der Waals surface area contributed by atoms with E-state index >= 15 is 0 Å². The molecule has 1 fully saturated rings. The van der Waals surface area contributed by atoms with Gasteiger partial charge >= 0.3 is 112 Å². The second kappa shape index (κ2) is 13.0. The van der Waals surface area contributed by atoms with Crippen molar-refractivity contribution in [2.75, 3.05) is 0 Å². The third-order valence-corrected chi connectivity index (χ3v) is 4.35. The monoisotopic (exact) mass is 492 g/mol. The third kappa shape index (κ3) is 12.1. The van der Waals surface area contributed by atoms with Gasteiger partial charge in [-0.1, -0.05) is 0 Å². The minimum absolute atomic E-state index is 0. The molecule has 4 unspecified atom stereocenters. The van der Waals surface area contributed by atoms with Crippen LogP contribution in [0.25, 0.3) is 0 Å². The van der Waals surface area contributed by atoms with Gasteiger partial charge < -0.3 is 49.0 Å². The second-order valence-electron chi connectivity index (χ2n) is 4.65. The molecule has 1 rings (SSSR count). The van der Waals surface area contributed by atoms with Gasteiger partial charge in [0.05, 0.1) is 0 Å². The first-order valence-electron chi connectivity index (χ1n) is 5.78. The largest absolute Gasteiger partial charge is 1.00 e. The van der Waals surface area contributed by atoms with Gasteiger partial charge in [0.15, 0.2) is 0 Å². The summed E-state index contributed by atoms with van der Waals surface area (Å²) in [5.74, 6) is 0. The van der Waals surface area contributed by atoms with E-state index in [-0.39, 0.29) is 93.0 Å². The van der Waals surface area contributed by atoms with Crippen molar-refractivity contribution in [3.05, 3.63) is 0 Å². The molecule has 0 amide bonds. The molecule has 0 saturated heterocycles. The molecule has 1 saturated carbocycles.